The number of nitrogens with one attached hydrogen (secondary N) is 1. The number of fused-ring (bicyclic) bond motifs is 1. The van der Waals surface area contributed by atoms with E-state index in [0.717, 1.165) is 5.56 Å². The summed E-state index contributed by atoms with van der Waals surface area (Å²) in [5, 5.41) is 0. The van der Waals surface area contributed by atoms with Crippen molar-refractivity contribution in [3.63, 3.8) is 0 Å². The van der Waals surface area contributed by atoms with Gasteiger partial charge in [0.05, 0.1) is 16.2 Å². The fraction of sp³-hybridized carbons (Fsp3) is 0.389. The summed E-state index contributed by atoms with van der Waals surface area (Å²) in [6, 6.07) is 9.33. The van der Waals surface area contributed by atoms with Crippen molar-refractivity contribution in [2.45, 2.75) is 29.9 Å². The number of halogens is 1. The zero-order chi connectivity index (χ0) is 18.1. The molecule has 132 valence electrons. The number of carbonyl (C=O) groups excluding carboxylic acids is 1. The Morgan fingerprint density at radius 1 is 1.36 bits per heavy atom. The minimum atomic E-state index is -0.552. The highest BCUT2D eigenvalue weighted by Crippen LogP contribution is 2.40. The first kappa shape index (κ1) is 18.1. The average molecular weight is 453 g/mol. The van der Waals surface area contributed by atoms with Crippen molar-refractivity contribution in [1.82, 2.24) is 14.9 Å². The first-order chi connectivity index (χ1) is 12.0. The number of H-pyrrole nitrogens is 1. The Hall–Kier alpha value is -1.74. The molecule has 7 heteroatoms. The van der Waals surface area contributed by atoms with Gasteiger partial charge in [0.2, 0.25) is 0 Å². The number of benzene rings is 1. The molecule has 0 bridgehead atoms. The molecule has 3 unspecified atom stereocenters. The molecule has 2 heterocycles. The highest BCUT2D eigenvalue weighted by Gasteiger charge is 2.42. The molecule has 0 fully saturated rings. The smallest absolute Gasteiger partial charge is 0.316 e. The van der Waals surface area contributed by atoms with Gasteiger partial charge in [-0.05, 0) is 20.9 Å². The highest BCUT2D eigenvalue weighted by atomic mass is 127. The van der Waals surface area contributed by atoms with Crippen LogP contribution in [-0.2, 0) is 9.53 Å². The van der Waals surface area contributed by atoms with Crippen molar-refractivity contribution >= 4 is 28.6 Å². The molecule has 2 aromatic rings. The third-order valence-electron chi connectivity index (χ3n) is 4.61. The second kappa shape index (κ2) is 7.25. The number of hydrogen-bond donors (Lipinski definition) is 1. The number of ether oxygens (including phenoxy) is 1. The van der Waals surface area contributed by atoms with E-state index in [1.807, 2.05) is 49.2 Å². The summed E-state index contributed by atoms with van der Waals surface area (Å²) < 4.78 is 5.11. The third-order valence-corrected chi connectivity index (χ3v) is 6.11. The van der Waals surface area contributed by atoms with Gasteiger partial charge in [-0.15, -0.1) is 0 Å². The molecule has 0 amide bonds. The van der Waals surface area contributed by atoms with E-state index in [1.165, 1.54) is 0 Å². The number of rotatable bonds is 3. The minimum absolute atomic E-state index is 0.102. The van der Waals surface area contributed by atoms with Crippen LogP contribution >= 0.6 is 22.6 Å². The molecular formula is C18H20IN3O3. The van der Waals surface area contributed by atoms with E-state index in [0.29, 0.717) is 23.7 Å². The number of carbonyl (C=O) groups is 1. The largest absolute Gasteiger partial charge is 0.465 e. The van der Waals surface area contributed by atoms with Crippen LogP contribution in [0.5, 0.6) is 0 Å². The Morgan fingerprint density at radius 2 is 2.04 bits per heavy atom. The second-order valence-electron chi connectivity index (χ2n) is 6.06. The van der Waals surface area contributed by atoms with Crippen LogP contribution in [0.1, 0.15) is 35.1 Å². The van der Waals surface area contributed by atoms with Gasteiger partial charge in [-0.2, -0.15) is 4.98 Å². The number of aromatic amines is 1. The standard InChI is InChI=1S/C18H20IN3O3/c1-4-25-18(24)12-10(2)22(3)15(19)13-14(12)20-16(21-17(13)23)11-8-6-5-7-9-11/h5-10,12,15H,4H2,1-3H3,(H,20,21,23). The first-order valence-corrected chi connectivity index (χ1v) is 9.42. The van der Waals surface area contributed by atoms with Crippen molar-refractivity contribution in [1.29, 1.82) is 0 Å². The zero-order valence-corrected chi connectivity index (χ0v) is 16.5. The molecule has 1 aromatic carbocycles. The van der Waals surface area contributed by atoms with Crippen molar-refractivity contribution < 1.29 is 9.53 Å². The Morgan fingerprint density at radius 3 is 2.68 bits per heavy atom. The second-order valence-corrected chi connectivity index (χ2v) is 7.24. The molecule has 25 heavy (non-hydrogen) atoms. The Balaban J connectivity index is 2.20. The predicted molar refractivity (Wildman–Crippen MR) is 104 cm³/mol. The SMILES string of the molecule is CCOC(=O)C1c2[nH]c(-c3ccccc3)nc(=O)c2C(I)N(C)C1C. The summed E-state index contributed by atoms with van der Waals surface area (Å²) in [7, 11) is 1.90. The molecule has 1 N–H and O–H groups in total. The maximum absolute atomic E-state index is 12.7. The summed E-state index contributed by atoms with van der Waals surface area (Å²) in [5.74, 6) is -0.407. The van der Waals surface area contributed by atoms with Gasteiger partial charge in [0.25, 0.3) is 5.56 Å². The van der Waals surface area contributed by atoms with Gasteiger partial charge in [0, 0.05) is 17.3 Å². The number of alkyl halides is 1. The lowest BCUT2D eigenvalue weighted by Gasteiger charge is -2.39. The number of esters is 1. The molecule has 6 nitrogen and oxygen atoms in total. The number of nitrogens with zero attached hydrogens (tertiary/aromatic N) is 2. The van der Waals surface area contributed by atoms with Crippen LogP contribution in [0, 0.1) is 0 Å². The Kier molecular flexibility index (Phi) is 5.24. The summed E-state index contributed by atoms with van der Waals surface area (Å²) >= 11 is 2.21. The van der Waals surface area contributed by atoms with Gasteiger partial charge >= 0.3 is 5.97 Å². The van der Waals surface area contributed by atoms with E-state index in [1.54, 1.807) is 6.92 Å². The minimum Gasteiger partial charge on any atom is -0.465 e. The van der Waals surface area contributed by atoms with Gasteiger partial charge in [0.1, 0.15) is 11.7 Å². The molecule has 1 aromatic heterocycles. The quantitative estimate of drug-likeness (QED) is 0.335. The summed E-state index contributed by atoms with van der Waals surface area (Å²) in [6.45, 7) is 4.05. The molecule has 0 spiro atoms. The normalized spacial score (nSPS) is 23.1. The maximum atomic E-state index is 12.7. The van der Waals surface area contributed by atoms with E-state index in [9.17, 15) is 9.59 Å². The van der Waals surface area contributed by atoms with Gasteiger partial charge < -0.3 is 9.72 Å². The molecular weight excluding hydrogens is 433 g/mol. The van der Waals surface area contributed by atoms with Crippen molar-refractivity contribution in [3.8, 4) is 11.4 Å². The van der Waals surface area contributed by atoms with Gasteiger partial charge in [-0.25, -0.2) is 0 Å². The number of aromatic nitrogens is 2. The van der Waals surface area contributed by atoms with Crippen molar-refractivity contribution in [3.05, 3.63) is 51.9 Å². The fourth-order valence-corrected chi connectivity index (χ4v) is 4.25. The van der Waals surface area contributed by atoms with Crippen LogP contribution in [0.3, 0.4) is 0 Å². The topological polar surface area (TPSA) is 75.3 Å². The maximum Gasteiger partial charge on any atom is 0.316 e. The van der Waals surface area contributed by atoms with Crippen molar-refractivity contribution in [2.24, 2.45) is 0 Å². The van der Waals surface area contributed by atoms with Crippen LogP contribution in [0.25, 0.3) is 11.4 Å². The van der Waals surface area contributed by atoms with E-state index in [2.05, 4.69) is 32.6 Å². The van der Waals surface area contributed by atoms with Crippen LogP contribution in [0.2, 0.25) is 0 Å². The predicted octanol–water partition coefficient (Wildman–Crippen LogP) is 2.85. The van der Waals surface area contributed by atoms with Gasteiger partial charge in [0.15, 0.2) is 0 Å². The number of likely N-dealkylation sites (N-methyl/N-ethyl adjacent to an activating group) is 1. The molecule has 0 saturated heterocycles. The van der Waals surface area contributed by atoms with Crippen LogP contribution in [-0.4, -0.2) is 40.5 Å². The molecule has 1 aliphatic heterocycles. The summed E-state index contributed by atoms with van der Waals surface area (Å²) in [4.78, 5) is 34.8. The zero-order valence-electron chi connectivity index (χ0n) is 14.3. The lowest BCUT2D eigenvalue weighted by molar-refractivity contribution is -0.147. The molecule has 0 aliphatic carbocycles. The summed E-state index contributed by atoms with van der Waals surface area (Å²) in [6.07, 6.45) is 0. The lowest BCUT2D eigenvalue weighted by Crippen LogP contribution is -2.46. The highest BCUT2D eigenvalue weighted by molar-refractivity contribution is 14.1. The van der Waals surface area contributed by atoms with E-state index in [-0.39, 0.29) is 21.6 Å². The van der Waals surface area contributed by atoms with E-state index >= 15 is 0 Å². The lowest BCUT2D eigenvalue weighted by atomic mass is 9.88. The Bertz CT molecular complexity index is 837. The van der Waals surface area contributed by atoms with Crippen LogP contribution in [0.15, 0.2) is 35.1 Å². The van der Waals surface area contributed by atoms with E-state index in [4.69, 9.17) is 4.74 Å². The number of hydrogen-bond acceptors (Lipinski definition) is 5. The molecule has 3 rings (SSSR count). The van der Waals surface area contributed by atoms with Gasteiger partial charge in [-0.1, -0.05) is 52.9 Å². The van der Waals surface area contributed by atoms with Crippen LogP contribution in [0.4, 0.5) is 0 Å². The van der Waals surface area contributed by atoms with Crippen LogP contribution < -0.4 is 5.56 Å². The summed E-state index contributed by atoms with van der Waals surface area (Å²) in [5.41, 5.74) is 1.64. The third kappa shape index (κ3) is 3.22. The molecule has 1 aliphatic rings. The molecule has 3 atom stereocenters. The Labute approximate surface area is 159 Å². The average Bonchev–Trinajstić information content (AvgIpc) is 2.60. The molecule has 0 saturated carbocycles. The first-order valence-electron chi connectivity index (χ1n) is 8.17. The monoisotopic (exact) mass is 453 g/mol. The van der Waals surface area contributed by atoms with Crippen molar-refractivity contribution in [2.75, 3.05) is 13.7 Å². The fourth-order valence-electron chi connectivity index (χ4n) is 3.14. The van der Waals surface area contributed by atoms with E-state index < -0.39 is 5.92 Å². The van der Waals surface area contributed by atoms with Gasteiger partial charge in [-0.3, -0.25) is 14.5 Å². The molecule has 0 radical (unpaired) electrons.